The number of hydrogen-bond acceptors (Lipinski definition) is 4. The van der Waals surface area contributed by atoms with Gasteiger partial charge in [0.05, 0.1) is 12.3 Å². The molecule has 0 atom stereocenters. The van der Waals surface area contributed by atoms with Gasteiger partial charge in [0.15, 0.2) is 0 Å². The maximum atomic E-state index is 10.9. The zero-order chi connectivity index (χ0) is 9.30. The Kier molecular flexibility index (Phi) is 2.01. The van der Waals surface area contributed by atoms with Crippen molar-refractivity contribution in [1.82, 2.24) is 9.55 Å². The van der Waals surface area contributed by atoms with E-state index >= 15 is 0 Å². The van der Waals surface area contributed by atoms with Crippen LogP contribution in [-0.4, -0.2) is 19.8 Å². The molecule has 0 saturated carbocycles. The Balaban J connectivity index is 3.65. The van der Waals surface area contributed by atoms with Crippen molar-refractivity contribution in [1.29, 1.82) is 0 Å². The molecule has 1 rings (SSSR count). The highest BCUT2D eigenvalue weighted by atomic mass is 16.3. The number of aromatic nitrogens is 2. The van der Waals surface area contributed by atoms with Gasteiger partial charge in [-0.1, -0.05) is 0 Å². The second-order valence-electron chi connectivity index (χ2n) is 2.27. The molecule has 0 radical (unpaired) electrons. The van der Waals surface area contributed by atoms with Gasteiger partial charge in [-0.25, -0.2) is 4.79 Å². The molecule has 12 heavy (non-hydrogen) atoms. The van der Waals surface area contributed by atoms with Crippen LogP contribution in [0.4, 0.5) is 0 Å². The Labute approximate surface area is 66.7 Å². The van der Waals surface area contributed by atoms with Gasteiger partial charge in [-0.3, -0.25) is 14.3 Å². The summed E-state index contributed by atoms with van der Waals surface area (Å²) >= 11 is 0. The fourth-order valence-electron chi connectivity index (χ4n) is 0.834. The number of aliphatic hydroxyl groups is 1. The van der Waals surface area contributed by atoms with E-state index in [0.717, 1.165) is 4.57 Å². The molecular weight excluding hydrogens is 164 g/mol. The first-order valence-electron chi connectivity index (χ1n) is 3.20. The maximum Gasteiger partial charge on any atom is 0.328 e. The van der Waals surface area contributed by atoms with Gasteiger partial charge in [-0.05, 0) is 0 Å². The van der Waals surface area contributed by atoms with Crippen LogP contribution in [0.3, 0.4) is 0 Å². The lowest BCUT2D eigenvalue weighted by molar-refractivity contribution is 0.261. The molecule has 6 nitrogen and oxygen atoms in total. The molecule has 0 unspecified atom stereocenters. The molecule has 1 aromatic rings. The van der Waals surface area contributed by atoms with Gasteiger partial charge >= 0.3 is 5.69 Å². The Morgan fingerprint density at radius 3 is 2.58 bits per heavy atom. The maximum absolute atomic E-state index is 10.9. The Hall–Kier alpha value is -1.56. The van der Waals surface area contributed by atoms with Crippen molar-refractivity contribution >= 4 is 0 Å². The Bertz CT molecular complexity index is 369. The summed E-state index contributed by atoms with van der Waals surface area (Å²) in [6, 6.07) is 0. The summed E-state index contributed by atoms with van der Waals surface area (Å²) in [7, 11) is 1.34. The van der Waals surface area contributed by atoms with E-state index in [-0.39, 0.29) is 5.69 Å². The van der Waals surface area contributed by atoms with Crippen molar-refractivity contribution in [3.63, 3.8) is 0 Å². The SMILES string of the molecule is Cn1c(CO)c(O)c(=O)[nH]c1=O. The Morgan fingerprint density at radius 2 is 2.08 bits per heavy atom. The lowest BCUT2D eigenvalue weighted by Gasteiger charge is -2.04. The number of aliphatic hydroxyl groups excluding tert-OH is 1. The summed E-state index contributed by atoms with van der Waals surface area (Å²) < 4.78 is 0.969. The lowest BCUT2D eigenvalue weighted by Crippen LogP contribution is -2.30. The monoisotopic (exact) mass is 172 g/mol. The molecule has 1 heterocycles. The van der Waals surface area contributed by atoms with Gasteiger partial charge in [0.2, 0.25) is 5.75 Å². The molecule has 0 bridgehead atoms. The van der Waals surface area contributed by atoms with E-state index in [9.17, 15) is 9.59 Å². The van der Waals surface area contributed by atoms with E-state index in [4.69, 9.17) is 10.2 Å². The van der Waals surface area contributed by atoms with Crippen molar-refractivity contribution in [2.24, 2.45) is 7.05 Å². The third kappa shape index (κ3) is 1.12. The Morgan fingerprint density at radius 1 is 1.50 bits per heavy atom. The highest BCUT2D eigenvalue weighted by molar-refractivity contribution is 5.21. The second kappa shape index (κ2) is 2.82. The third-order valence-electron chi connectivity index (χ3n) is 1.57. The molecule has 0 amide bonds. The van der Waals surface area contributed by atoms with Crippen LogP contribution in [0.5, 0.6) is 5.75 Å². The van der Waals surface area contributed by atoms with Crippen molar-refractivity contribution < 1.29 is 10.2 Å². The molecule has 0 aliphatic rings. The van der Waals surface area contributed by atoms with Gasteiger partial charge in [0.25, 0.3) is 5.56 Å². The van der Waals surface area contributed by atoms with E-state index in [0.29, 0.717) is 0 Å². The van der Waals surface area contributed by atoms with Crippen molar-refractivity contribution in [2.45, 2.75) is 6.61 Å². The molecule has 66 valence electrons. The molecule has 0 fully saturated rings. The quantitative estimate of drug-likeness (QED) is 0.469. The third-order valence-corrected chi connectivity index (χ3v) is 1.57. The first-order chi connectivity index (χ1) is 5.57. The highest BCUT2D eigenvalue weighted by Gasteiger charge is 2.09. The van der Waals surface area contributed by atoms with Crippen LogP contribution < -0.4 is 11.2 Å². The molecule has 0 aliphatic heterocycles. The number of aromatic amines is 1. The first-order valence-corrected chi connectivity index (χ1v) is 3.20. The molecule has 0 spiro atoms. The van der Waals surface area contributed by atoms with Gasteiger partial charge in [0, 0.05) is 7.05 Å². The fraction of sp³-hybridized carbons (Fsp3) is 0.333. The molecule has 0 saturated heterocycles. The number of nitrogens with zero attached hydrogens (tertiary/aromatic N) is 1. The van der Waals surface area contributed by atoms with E-state index in [1.807, 2.05) is 4.98 Å². The highest BCUT2D eigenvalue weighted by Crippen LogP contribution is 2.05. The van der Waals surface area contributed by atoms with Crippen molar-refractivity contribution in [3.8, 4) is 5.75 Å². The summed E-state index contributed by atoms with van der Waals surface area (Å²) in [4.78, 5) is 23.5. The minimum absolute atomic E-state index is 0.0937. The van der Waals surface area contributed by atoms with Crippen LogP contribution in [-0.2, 0) is 13.7 Å². The molecule has 6 heteroatoms. The topological polar surface area (TPSA) is 95.3 Å². The average Bonchev–Trinajstić information content (AvgIpc) is 2.02. The summed E-state index contributed by atoms with van der Waals surface area (Å²) in [5, 5.41) is 17.7. The molecule has 0 aromatic carbocycles. The van der Waals surface area contributed by atoms with Crippen LogP contribution in [0.2, 0.25) is 0 Å². The average molecular weight is 172 g/mol. The van der Waals surface area contributed by atoms with E-state index < -0.39 is 23.6 Å². The minimum atomic E-state index is -0.887. The minimum Gasteiger partial charge on any atom is -0.502 e. The number of rotatable bonds is 1. The molecule has 3 N–H and O–H groups in total. The smallest absolute Gasteiger partial charge is 0.328 e. The van der Waals surface area contributed by atoms with E-state index in [1.54, 1.807) is 0 Å². The number of hydrogen-bond donors (Lipinski definition) is 3. The van der Waals surface area contributed by atoms with Crippen molar-refractivity contribution in [3.05, 3.63) is 26.5 Å². The summed E-state index contributed by atoms with van der Waals surface area (Å²) in [6.07, 6.45) is 0. The summed E-state index contributed by atoms with van der Waals surface area (Å²) in [5.41, 5.74) is -1.65. The van der Waals surface area contributed by atoms with Gasteiger partial charge < -0.3 is 10.2 Å². The number of H-pyrrole nitrogens is 1. The standard InChI is InChI=1S/C6H8N2O4/c1-8-3(2-9)4(10)5(11)7-6(8)12/h9-10H,2H2,1H3,(H,7,11,12). The molecule has 0 aliphatic carbocycles. The zero-order valence-electron chi connectivity index (χ0n) is 6.37. The zero-order valence-corrected chi connectivity index (χ0v) is 6.37. The van der Waals surface area contributed by atoms with Crippen LogP contribution in [0.15, 0.2) is 9.59 Å². The summed E-state index contributed by atoms with van der Waals surface area (Å²) in [5.74, 6) is -0.625. The number of nitrogens with one attached hydrogen (secondary N) is 1. The first kappa shape index (κ1) is 8.54. The molecule has 1 aromatic heterocycles. The predicted molar refractivity (Wildman–Crippen MR) is 39.9 cm³/mol. The second-order valence-corrected chi connectivity index (χ2v) is 2.27. The van der Waals surface area contributed by atoms with Gasteiger partial charge in [-0.15, -0.1) is 0 Å². The van der Waals surface area contributed by atoms with Crippen molar-refractivity contribution in [2.75, 3.05) is 0 Å². The normalized spacial score (nSPS) is 10.2. The number of aromatic hydroxyl groups is 1. The van der Waals surface area contributed by atoms with Crippen LogP contribution in [0.25, 0.3) is 0 Å². The fourth-order valence-corrected chi connectivity index (χ4v) is 0.834. The predicted octanol–water partition coefficient (Wildman–Crippen LogP) is -1.73. The van der Waals surface area contributed by atoms with E-state index in [1.165, 1.54) is 7.05 Å². The van der Waals surface area contributed by atoms with Gasteiger partial charge in [-0.2, -0.15) is 0 Å². The lowest BCUT2D eigenvalue weighted by atomic mass is 10.4. The molecular formula is C6H8N2O4. The van der Waals surface area contributed by atoms with Gasteiger partial charge in [0.1, 0.15) is 0 Å². The largest absolute Gasteiger partial charge is 0.502 e. The van der Waals surface area contributed by atoms with Crippen LogP contribution in [0.1, 0.15) is 5.69 Å². The van der Waals surface area contributed by atoms with E-state index in [2.05, 4.69) is 0 Å². The van der Waals surface area contributed by atoms with Crippen LogP contribution in [0, 0.1) is 0 Å². The summed E-state index contributed by atoms with van der Waals surface area (Å²) in [6.45, 7) is -0.554. The van der Waals surface area contributed by atoms with Crippen LogP contribution >= 0.6 is 0 Å².